The molecule has 0 radical (unpaired) electrons. The number of nitrogens with one attached hydrogen (secondary N) is 2. The molecule has 4 nitrogen and oxygen atoms in total. The second-order valence-electron chi connectivity index (χ2n) is 5.09. The van der Waals surface area contributed by atoms with E-state index in [9.17, 15) is 4.79 Å². The Balaban J connectivity index is 1.68. The van der Waals surface area contributed by atoms with Crippen molar-refractivity contribution in [3.8, 4) is 0 Å². The summed E-state index contributed by atoms with van der Waals surface area (Å²) >= 11 is 0. The summed E-state index contributed by atoms with van der Waals surface area (Å²) in [7, 11) is 0. The van der Waals surface area contributed by atoms with Crippen LogP contribution in [-0.2, 0) is 9.53 Å². The van der Waals surface area contributed by atoms with Gasteiger partial charge in [-0.05, 0) is 43.9 Å². The van der Waals surface area contributed by atoms with Crippen molar-refractivity contribution < 1.29 is 9.53 Å². The number of hydrogen-bond donors (Lipinski definition) is 2. The van der Waals surface area contributed by atoms with Gasteiger partial charge in [-0.1, -0.05) is 18.2 Å². The molecule has 1 aliphatic heterocycles. The molecule has 104 valence electrons. The monoisotopic (exact) mass is 262 g/mol. The summed E-state index contributed by atoms with van der Waals surface area (Å²) in [5.74, 6) is 0.457. The molecule has 0 bridgehead atoms. The van der Waals surface area contributed by atoms with Crippen molar-refractivity contribution in [3.05, 3.63) is 29.8 Å². The zero-order valence-electron chi connectivity index (χ0n) is 11.4. The smallest absolute Gasteiger partial charge is 0.250 e. The highest BCUT2D eigenvalue weighted by atomic mass is 16.5. The summed E-state index contributed by atoms with van der Waals surface area (Å²) in [6.45, 7) is 4.87. The van der Waals surface area contributed by atoms with E-state index in [0.717, 1.165) is 24.3 Å². The molecule has 4 heteroatoms. The lowest BCUT2D eigenvalue weighted by Gasteiger charge is -2.22. The maximum Gasteiger partial charge on any atom is 0.250 e. The summed E-state index contributed by atoms with van der Waals surface area (Å²) in [6, 6.07) is 7.75. The van der Waals surface area contributed by atoms with E-state index in [1.54, 1.807) is 0 Å². The quantitative estimate of drug-likeness (QED) is 0.852. The fourth-order valence-electron chi connectivity index (χ4n) is 2.28. The number of ether oxygens (including phenoxy) is 1. The van der Waals surface area contributed by atoms with Crippen LogP contribution < -0.4 is 10.6 Å². The third-order valence-electron chi connectivity index (χ3n) is 3.40. The van der Waals surface area contributed by atoms with Crippen molar-refractivity contribution in [2.24, 2.45) is 5.92 Å². The first kappa shape index (κ1) is 14.0. The molecule has 1 aliphatic rings. The second kappa shape index (κ2) is 7.26. The van der Waals surface area contributed by atoms with Crippen LogP contribution in [0.3, 0.4) is 0 Å². The average Bonchev–Trinajstić information content (AvgIpc) is 2.43. The maximum atomic E-state index is 11.8. The van der Waals surface area contributed by atoms with E-state index in [1.807, 2.05) is 31.2 Å². The Hall–Kier alpha value is -1.39. The first-order valence-corrected chi connectivity index (χ1v) is 6.89. The fraction of sp³-hybridized carbons (Fsp3) is 0.533. The molecular weight excluding hydrogens is 240 g/mol. The first-order chi connectivity index (χ1) is 9.25. The van der Waals surface area contributed by atoms with Crippen molar-refractivity contribution in [1.29, 1.82) is 0 Å². The number of para-hydroxylation sites is 1. The maximum absolute atomic E-state index is 11.8. The summed E-state index contributed by atoms with van der Waals surface area (Å²) < 4.78 is 5.49. The second-order valence-corrected chi connectivity index (χ2v) is 5.09. The zero-order chi connectivity index (χ0) is 13.5. The number of rotatable bonds is 5. The minimum atomic E-state index is -0.0851. The highest BCUT2D eigenvalue weighted by Gasteiger charge is 2.13. The van der Waals surface area contributed by atoms with Gasteiger partial charge in [-0.15, -0.1) is 0 Å². The van der Waals surface area contributed by atoms with Crippen LogP contribution in [-0.4, -0.2) is 32.2 Å². The molecule has 1 fully saturated rings. The van der Waals surface area contributed by atoms with Crippen LogP contribution >= 0.6 is 0 Å². The number of hydrogen-bond acceptors (Lipinski definition) is 3. The first-order valence-electron chi connectivity index (χ1n) is 6.89. The summed E-state index contributed by atoms with van der Waals surface area (Å²) in [5.41, 5.74) is 1.92. The molecule has 2 rings (SSSR count). The van der Waals surface area contributed by atoms with Gasteiger partial charge in [0.2, 0.25) is 5.91 Å². The number of anilines is 1. The van der Waals surface area contributed by atoms with Crippen molar-refractivity contribution >= 4 is 11.6 Å². The molecule has 2 N–H and O–H groups in total. The number of amides is 1. The lowest BCUT2D eigenvalue weighted by atomic mass is 10.0. The van der Waals surface area contributed by atoms with Crippen molar-refractivity contribution in [2.75, 3.05) is 31.6 Å². The Bertz CT molecular complexity index is 414. The molecule has 19 heavy (non-hydrogen) atoms. The molecule has 1 amide bonds. The van der Waals surface area contributed by atoms with Gasteiger partial charge in [-0.2, -0.15) is 0 Å². The van der Waals surface area contributed by atoms with Crippen LogP contribution in [0.5, 0.6) is 0 Å². The Morgan fingerprint density at radius 2 is 2.32 bits per heavy atom. The molecular formula is C15H22N2O2. The highest BCUT2D eigenvalue weighted by Crippen LogP contribution is 2.13. The van der Waals surface area contributed by atoms with Gasteiger partial charge in [0.25, 0.3) is 0 Å². The molecule has 0 saturated carbocycles. The lowest BCUT2D eigenvalue weighted by Crippen LogP contribution is -2.33. The summed E-state index contributed by atoms with van der Waals surface area (Å²) in [4.78, 5) is 11.8. The van der Waals surface area contributed by atoms with Crippen molar-refractivity contribution in [2.45, 2.75) is 19.8 Å². The molecule has 1 unspecified atom stereocenters. The number of aryl methyl sites for hydroxylation is 1. The largest absolute Gasteiger partial charge is 0.371 e. The van der Waals surface area contributed by atoms with E-state index in [2.05, 4.69) is 10.6 Å². The van der Waals surface area contributed by atoms with E-state index in [4.69, 9.17) is 4.74 Å². The van der Waals surface area contributed by atoms with E-state index < -0.39 is 0 Å². The van der Waals surface area contributed by atoms with Crippen molar-refractivity contribution in [1.82, 2.24) is 5.32 Å². The lowest BCUT2D eigenvalue weighted by molar-refractivity contribution is -0.121. The fourth-order valence-corrected chi connectivity index (χ4v) is 2.28. The predicted octanol–water partition coefficient (Wildman–Crippen LogP) is 1.95. The third-order valence-corrected chi connectivity index (χ3v) is 3.40. The normalized spacial score (nSPS) is 19.1. The van der Waals surface area contributed by atoms with Gasteiger partial charge >= 0.3 is 0 Å². The number of piperidine rings is 1. The highest BCUT2D eigenvalue weighted by molar-refractivity contribution is 5.92. The Morgan fingerprint density at radius 3 is 3.05 bits per heavy atom. The van der Waals surface area contributed by atoms with Gasteiger partial charge in [0.05, 0.1) is 6.61 Å². The molecule has 1 saturated heterocycles. The van der Waals surface area contributed by atoms with Gasteiger partial charge in [-0.25, -0.2) is 0 Å². The van der Waals surface area contributed by atoms with Crippen LogP contribution in [0.2, 0.25) is 0 Å². The minimum absolute atomic E-state index is 0.0851. The zero-order valence-corrected chi connectivity index (χ0v) is 11.4. The Kier molecular flexibility index (Phi) is 5.36. The topological polar surface area (TPSA) is 50.4 Å². The van der Waals surface area contributed by atoms with E-state index >= 15 is 0 Å². The third kappa shape index (κ3) is 4.65. The van der Waals surface area contributed by atoms with Gasteiger partial charge in [0.15, 0.2) is 0 Å². The Labute approximate surface area is 114 Å². The predicted molar refractivity (Wildman–Crippen MR) is 76.2 cm³/mol. The summed E-state index contributed by atoms with van der Waals surface area (Å²) in [5, 5.41) is 6.21. The van der Waals surface area contributed by atoms with Crippen LogP contribution in [0.1, 0.15) is 18.4 Å². The van der Waals surface area contributed by atoms with Gasteiger partial charge in [-0.3, -0.25) is 4.79 Å². The number of carbonyl (C=O) groups is 1. The van der Waals surface area contributed by atoms with E-state index in [-0.39, 0.29) is 12.5 Å². The molecule has 1 aromatic carbocycles. The molecule has 0 aliphatic carbocycles. The van der Waals surface area contributed by atoms with Gasteiger partial charge < -0.3 is 15.4 Å². The number of benzene rings is 1. The van der Waals surface area contributed by atoms with Gasteiger partial charge in [0.1, 0.15) is 6.61 Å². The van der Waals surface area contributed by atoms with E-state index in [0.29, 0.717) is 12.5 Å². The minimum Gasteiger partial charge on any atom is -0.371 e. The average molecular weight is 262 g/mol. The standard InChI is InChI=1S/C15H22N2O2/c1-12-5-2-3-7-14(12)17-15(18)11-19-10-13-6-4-8-16-9-13/h2-3,5,7,13,16H,4,6,8-11H2,1H3,(H,17,18). The van der Waals surface area contributed by atoms with Crippen LogP contribution in [0.4, 0.5) is 5.69 Å². The van der Waals surface area contributed by atoms with Crippen LogP contribution in [0.15, 0.2) is 24.3 Å². The SMILES string of the molecule is Cc1ccccc1NC(=O)COCC1CCCNC1. The van der Waals surface area contributed by atoms with Crippen LogP contribution in [0, 0.1) is 12.8 Å². The number of carbonyl (C=O) groups excluding carboxylic acids is 1. The van der Waals surface area contributed by atoms with Gasteiger partial charge in [0, 0.05) is 12.2 Å². The van der Waals surface area contributed by atoms with Crippen LogP contribution in [0.25, 0.3) is 0 Å². The summed E-state index contributed by atoms with van der Waals surface area (Å²) in [6.07, 6.45) is 2.38. The molecule has 1 aromatic rings. The van der Waals surface area contributed by atoms with Crippen molar-refractivity contribution in [3.63, 3.8) is 0 Å². The molecule has 1 atom stereocenters. The molecule has 0 aromatic heterocycles. The Morgan fingerprint density at radius 1 is 1.47 bits per heavy atom. The molecule has 1 heterocycles. The van der Waals surface area contributed by atoms with E-state index in [1.165, 1.54) is 12.8 Å². The molecule has 0 spiro atoms.